The Balaban J connectivity index is 2.02. The third kappa shape index (κ3) is 4.61. The van der Waals surface area contributed by atoms with Crippen molar-refractivity contribution >= 4 is 39.1 Å². The van der Waals surface area contributed by atoms with Gasteiger partial charge in [-0.2, -0.15) is 4.31 Å². The quantitative estimate of drug-likeness (QED) is 0.713. The number of benzene rings is 2. The summed E-state index contributed by atoms with van der Waals surface area (Å²) in [5.41, 5.74) is 0.571. The minimum absolute atomic E-state index is 0.151. The number of hydrogen-bond donors (Lipinski definition) is 1. The van der Waals surface area contributed by atoms with Gasteiger partial charge in [-0.05, 0) is 44.0 Å². The number of nitrogens with zero attached hydrogens (tertiary/aromatic N) is 2. The molecule has 1 N–H and O–H groups in total. The van der Waals surface area contributed by atoms with Crippen LogP contribution in [0.2, 0.25) is 5.02 Å². The molecule has 1 atom stereocenters. The molecule has 0 saturated carbocycles. The SMILES string of the molecule is CCS(=O)(=O)N1CC(=O)N(c2cccc(Cl)c2C)C(C)(C(=O)NCc2ccccc2)C1. The van der Waals surface area contributed by atoms with E-state index < -0.39 is 27.4 Å². The fourth-order valence-corrected chi connectivity index (χ4v) is 5.02. The van der Waals surface area contributed by atoms with Gasteiger partial charge < -0.3 is 5.32 Å². The molecular formula is C22H26ClN3O4S. The third-order valence-corrected chi connectivity index (χ3v) is 7.75. The predicted molar refractivity (Wildman–Crippen MR) is 121 cm³/mol. The second-order valence-corrected chi connectivity index (χ2v) is 10.4. The van der Waals surface area contributed by atoms with Crippen LogP contribution in [0.4, 0.5) is 5.69 Å². The molecule has 166 valence electrons. The minimum Gasteiger partial charge on any atom is -0.350 e. The Kier molecular flexibility index (Phi) is 6.73. The first-order chi connectivity index (χ1) is 14.6. The Bertz CT molecular complexity index is 1090. The number of nitrogens with one attached hydrogen (secondary N) is 1. The average Bonchev–Trinajstić information content (AvgIpc) is 2.75. The maximum absolute atomic E-state index is 13.4. The van der Waals surface area contributed by atoms with Crippen molar-refractivity contribution in [2.75, 3.05) is 23.7 Å². The second kappa shape index (κ2) is 8.98. The second-order valence-electron chi connectivity index (χ2n) is 7.72. The fraction of sp³-hybridized carbons (Fsp3) is 0.364. The summed E-state index contributed by atoms with van der Waals surface area (Å²) >= 11 is 6.27. The molecule has 2 aromatic rings. The zero-order chi connectivity index (χ0) is 22.8. The number of rotatable bonds is 6. The van der Waals surface area contributed by atoms with E-state index in [-0.39, 0.29) is 25.4 Å². The first kappa shape index (κ1) is 23.2. The van der Waals surface area contributed by atoms with Gasteiger partial charge in [-0.3, -0.25) is 14.5 Å². The lowest BCUT2D eigenvalue weighted by Gasteiger charge is -2.47. The van der Waals surface area contributed by atoms with Crippen molar-refractivity contribution in [2.24, 2.45) is 0 Å². The summed E-state index contributed by atoms with van der Waals surface area (Å²) in [6.07, 6.45) is 0. The molecule has 3 rings (SSSR count). The van der Waals surface area contributed by atoms with Gasteiger partial charge in [-0.25, -0.2) is 8.42 Å². The molecule has 2 aromatic carbocycles. The van der Waals surface area contributed by atoms with Gasteiger partial charge in [0.25, 0.3) is 0 Å². The molecule has 1 aliphatic heterocycles. The van der Waals surface area contributed by atoms with E-state index in [0.29, 0.717) is 16.3 Å². The van der Waals surface area contributed by atoms with Crippen molar-refractivity contribution in [3.05, 3.63) is 64.7 Å². The summed E-state index contributed by atoms with van der Waals surface area (Å²) in [5.74, 6) is -1.08. The van der Waals surface area contributed by atoms with Crippen molar-refractivity contribution in [3.8, 4) is 0 Å². The molecule has 0 aliphatic carbocycles. The first-order valence-corrected chi connectivity index (χ1v) is 12.0. The lowest BCUT2D eigenvalue weighted by Crippen LogP contribution is -2.70. The summed E-state index contributed by atoms with van der Waals surface area (Å²) in [5, 5.41) is 3.33. The number of halogens is 1. The summed E-state index contributed by atoms with van der Waals surface area (Å²) in [4.78, 5) is 28.0. The number of carbonyl (C=O) groups excluding carboxylic acids is 2. The zero-order valence-corrected chi connectivity index (χ0v) is 19.3. The molecule has 31 heavy (non-hydrogen) atoms. The molecule has 1 fully saturated rings. The van der Waals surface area contributed by atoms with Crippen LogP contribution in [0.3, 0.4) is 0 Å². The van der Waals surface area contributed by atoms with Gasteiger partial charge in [0.15, 0.2) is 0 Å². The van der Waals surface area contributed by atoms with E-state index in [4.69, 9.17) is 11.6 Å². The smallest absolute Gasteiger partial charge is 0.247 e. The number of piperazine rings is 1. The van der Waals surface area contributed by atoms with Crippen molar-refractivity contribution in [3.63, 3.8) is 0 Å². The summed E-state index contributed by atoms with van der Waals surface area (Å²) in [6, 6.07) is 14.5. The highest BCUT2D eigenvalue weighted by molar-refractivity contribution is 7.89. The van der Waals surface area contributed by atoms with Crippen LogP contribution in [0, 0.1) is 6.92 Å². The Morgan fingerprint density at radius 3 is 2.48 bits per heavy atom. The van der Waals surface area contributed by atoms with E-state index in [2.05, 4.69) is 5.32 Å². The highest BCUT2D eigenvalue weighted by Gasteiger charge is 2.51. The van der Waals surface area contributed by atoms with Crippen LogP contribution >= 0.6 is 11.6 Å². The van der Waals surface area contributed by atoms with Crippen LogP contribution in [-0.4, -0.2) is 48.9 Å². The van der Waals surface area contributed by atoms with Crippen LogP contribution in [0.1, 0.15) is 25.0 Å². The standard InChI is InChI=1S/C22H26ClN3O4S/c1-4-31(29,30)25-14-20(27)26(19-12-8-11-18(23)16(19)2)22(3,15-25)21(28)24-13-17-9-6-5-7-10-17/h5-12H,4,13-15H2,1-3H3,(H,24,28). The van der Waals surface area contributed by atoms with E-state index in [1.807, 2.05) is 30.3 Å². The molecule has 1 unspecified atom stereocenters. The fourth-order valence-electron chi connectivity index (χ4n) is 3.73. The minimum atomic E-state index is -3.67. The Morgan fingerprint density at radius 1 is 1.16 bits per heavy atom. The van der Waals surface area contributed by atoms with Crippen LogP contribution in [0.15, 0.2) is 48.5 Å². The molecule has 1 aliphatic rings. The maximum atomic E-state index is 13.4. The van der Waals surface area contributed by atoms with E-state index in [1.165, 1.54) is 11.8 Å². The number of anilines is 1. The van der Waals surface area contributed by atoms with Gasteiger partial charge in [-0.1, -0.05) is 48.0 Å². The topological polar surface area (TPSA) is 86.8 Å². The van der Waals surface area contributed by atoms with Gasteiger partial charge in [-0.15, -0.1) is 0 Å². The first-order valence-electron chi connectivity index (χ1n) is 9.98. The summed E-state index contributed by atoms with van der Waals surface area (Å²) < 4.78 is 26.2. The average molecular weight is 464 g/mol. The molecule has 2 amide bonds. The lowest BCUT2D eigenvalue weighted by atomic mass is 9.93. The largest absolute Gasteiger partial charge is 0.350 e. The normalized spacial score (nSPS) is 20.0. The maximum Gasteiger partial charge on any atom is 0.247 e. The lowest BCUT2D eigenvalue weighted by molar-refractivity contribution is -0.133. The molecule has 0 spiro atoms. The van der Waals surface area contributed by atoms with Crippen LogP contribution in [0.5, 0.6) is 0 Å². The van der Waals surface area contributed by atoms with Crippen molar-refractivity contribution in [1.29, 1.82) is 0 Å². The molecule has 9 heteroatoms. The Hall–Kier alpha value is -2.42. The summed E-state index contributed by atoms with van der Waals surface area (Å²) in [6.45, 7) is 4.64. The van der Waals surface area contributed by atoms with Crippen molar-refractivity contribution in [2.45, 2.75) is 32.9 Å². The van der Waals surface area contributed by atoms with E-state index in [1.54, 1.807) is 32.0 Å². The summed E-state index contributed by atoms with van der Waals surface area (Å²) in [7, 11) is -3.67. The molecule has 0 aromatic heterocycles. The van der Waals surface area contributed by atoms with Crippen LogP contribution < -0.4 is 10.2 Å². The van der Waals surface area contributed by atoms with Gasteiger partial charge in [0.05, 0.1) is 12.3 Å². The number of carbonyl (C=O) groups is 2. The highest BCUT2D eigenvalue weighted by atomic mass is 35.5. The van der Waals surface area contributed by atoms with Crippen molar-refractivity contribution < 1.29 is 18.0 Å². The molecule has 1 saturated heterocycles. The molecule has 0 bridgehead atoms. The molecule has 7 nitrogen and oxygen atoms in total. The van der Waals surface area contributed by atoms with E-state index >= 15 is 0 Å². The van der Waals surface area contributed by atoms with Gasteiger partial charge in [0.2, 0.25) is 21.8 Å². The third-order valence-electron chi connectivity index (χ3n) is 5.56. The molecular weight excluding hydrogens is 438 g/mol. The number of hydrogen-bond acceptors (Lipinski definition) is 4. The van der Waals surface area contributed by atoms with Crippen LogP contribution in [0.25, 0.3) is 0 Å². The van der Waals surface area contributed by atoms with E-state index in [0.717, 1.165) is 9.87 Å². The number of sulfonamides is 1. The van der Waals surface area contributed by atoms with Crippen molar-refractivity contribution in [1.82, 2.24) is 9.62 Å². The van der Waals surface area contributed by atoms with E-state index in [9.17, 15) is 18.0 Å². The van der Waals surface area contributed by atoms with Gasteiger partial charge in [0.1, 0.15) is 5.54 Å². The van der Waals surface area contributed by atoms with Gasteiger partial charge in [0, 0.05) is 23.8 Å². The Morgan fingerprint density at radius 2 is 1.84 bits per heavy atom. The monoisotopic (exact) mass is 463 g/mol. The number of amides is 2. The van der Waals surface area contributed by atoms with Crippen LogP contribution in [-0.2, 0) is 26.2 Å². The van der Waals surface area contributed by atoms with Gasteiger partial charge >= 0.3 is 0 Å². The zero-order valence-electron chi connectivity index (χ0n) is 17.8. The molecule has 1 heterocycles. The highest BCUT2D eigenvalue weighted by Crippen LogP contribution is 2.35. The Labute approximate surface area is 188 Å². The molecule has 0 radical (unpaired) electrons. The predicted octanol–water partition coefficient (Wildman–Crippen LogP) is 2.72.